The molecule has 1 aromatic heterocycles. The van der Waals surface area contributed by atoms with Gasteiger partial charge in [0.1, 0.15) is 0 Å². The van der Waals surface area contributed by atoms with Crippen LogP contribution in [-0.2, 0) is 7.05 Å². The van der Waals surface area contributed by atoms with Crippen LogP contribution in [0.1, 0.15) is 21.7 Å². The van der Waals surface area contributed by atoms with E-state index >= 15 is 0 Å². The highest BCUT2D eigenvalue weighted by Crippen LogP contribution is 2.11. The van der Waals surface area contributed by atoms with Gasteiger partial charge in [0.05, 0.1) is 11.3 Å². The Kier molecular flexibility index (Phi) is 4.55. The fourth-order valence-corrected chi connectivity index (χ4v) is 1.61. The molecule has 1 N–H and O–H groups in total. The van der Waals surface area contributed by atoms with Gasteiger partial charge in [0.15, 0.2) is 0 Å². The van der Waals surface area contributed by atoms with Gasteiger partial charge in [-0.25, -0.2) is 0 Å². The molecule has 1 rings (SSSR count). The van der Waals surface area contributed by atoms with Gasteiger partial charge in [0, 0.05) is 25.2 Å². The maximum Gasteiger partial charge on any atom is 0.255 e. The number of allylic oxidation sites excluding steroid dienone is 1. The number of alkyl halides is 1. The van der Waals surface area contributed by atoms with Gasteiger partial charge in [-0.15, -0.1) is 11.6 Å². The fraction of sp³-hybridized carbons (Fsp3) is 0.455. The lowest BCUT2D eigenvalue weighted by molar-refractivity contribution is 0.0956. The third-order valence-corrected chi connectivity index (χ3v) is 2.55. The molecule has 1 aromatic rings. The summed E-state index contributed by atoms with van der Waals surface area (Å²) in [5.41, 5.74) is 2.27. The summed E-state index contributed by atoms with van der Waals surface area (Å²) < 4.78 is 1.71. The number of carbonyl (C=O) groups is 1. The van der Waals surface area contributed by atoms with Gasteiger partial charge >= 0.3 is 0 Å². The van der Waals surface area contributed by atoms with E-state index in [4.69, 9.17) is 11.6 Å². The van der Waals surface area contributed by atoms with Crippen molar-refractivity contribution in [1.82, 2.24) is 15.1 Å². The van der Waals surface area contributed by atoms with Crippen molar-refractivity contribution in [3.63, 3.8) is 0 Å². The van der Waals surface area contributed by atoms with Crippen LogP contribution in [0.2, 0.25) is 0 Å². The number of aromatic nitrogens is 2. The fourth-order valence-electron chi connectivity index (χ4n) is 1.49. The summed E-state index contributed by atoms with van der Waals surface area (Å²) >= 11 is 5.47. The number of nitrogens with zero attached hydrogens (tertiary/aromatic N) is 2. The second kappa shape index (κ2) is 5.70. The van der Waals surface area contributed by atoms with E-state index in [1.807, 2.05) is 27.0 Å². The second-order valence-electron chi connectivity index (χ2n) is 3.51. The summed E-state index contributed by atoms with van der Waals surface area (Å²) in [6, 6.07) is 0. The number of hydrogen-bond acceptors (Lipinski definition) is 2. The van der Waals surface area contributed by atoms with Crippen molar-refractivity contribution in [2.75, 3.05) is 12.4 Å². The van der Waals surface area contributed by atoms with Crippen molar-refractivity contribution in [2.24, 2.45) is 7.05 Å². The molecular formula is C11H16ClN3O. The molecule has 0 saturated heterocycles. The van der Waals surface area contributed by atoms with E-state index in [0.29, 0.717) is 18.0 Å². The van der Waals surface area contributed by atoms with E-state index in [-0.39, 0.29) is 5.91 Å². The zero-order valence-electron chi connectivity index (χ0n) is 9.75. The third-order valence-electron chi connectivity index (χ3n) is 2.37. The number of carbonyl (C=O) groups excluding carboxylic acids is 1. The molecule has 1 heterocycles. The maximum atomic E-state index is 11.8. The summed E-state index contributed by atoms with van der Waals surface area (Å²) in [6.07, 6.45) is 3.62. The highest BCUT2D eigenvalue weighted by Gasteiger charge is 2.15. The number of nitrogens with one attached hydrogen (secondary N) is 1. The largest absolute Gasteiger partial charge is 0.348 e. The van der Waals surface area contributed by atoms with Crippen LogP contribution in [-0.4, -0.2) is 28.1 Å². The van der Waals surface area contributed by atoms with Gasteiger partial charge in [0.25, 0.3) is 5.91 Å². The first-order valence-electron chi connectivity index (χ1n) is 5.07. The van der Waals surface area contributed by atoms with Crippen LogP contribution in [0.3, 0.4) is 0 Å². The molecule has 1 amide bonds. The lowest BCUT2D eigenvalue weighted by Gasteiger charge is -2.02. The molecule has 0 aliphatic rings. The first kappa shape index (κ1) is 12.8. The van der Waals surface area contributed by atoms with Gasteiger partial charge < -0.3 is 5.32 Å². The number of halogens is 1. The zero-order chi connectivity index (χ0) is 12.1. The van der Waals surface area contributed by atoms with Crippen molar-refractivity contribution in [3.05, 3.63) is 29.1 Å². The summed E-state index contributed by atoms with van der Waals surface area (Å²) in [6.45, 7) is 4.19. The Balaban J connectivity index is 2.70. The minimum absolute atomic E-state index is 0.0951. The van der Waals surface area contributed by atoms with E-state index < -0.39 is 0 Å². The van der Waals surface area contributed by atoms with Crippen molar-refractivity contribution in [3.8, 4) is 0 Å². The average Bonchev–Trinajstić information content (AvgIpc) is 2.48. The van der Waals surface area contributed by atoms with Gasteiger partial charge in [-0.05, 0) is 13.8 Å². The van der Waals surface area contributed by atoms with E-state index in [2.05, 4.69) is 10.4 Å². The first-order valence-corrected chi connectivity index (χ1v) is 5.60. The smallest absolute Gasteiger partial charge is 0.255 e. The maximum absolute atomic E-state index is 11.8. The normalized spacial score (nSPS) is 11.0. The van der Waals surface area contributed by atoms with Crippen LogP contribution in [0.15, 0.2) is 12.2 Å². The van der Waals surface area contributed by atoms with Gasteiger partial charge in [-0.1, -0.05) is 12.2 Å². The SMILES string of the molecule is Cc1nn(C)c(C)c1C(=O)NC/C=C/CCl. The molecule has 0 saturated carbocycles. The molecular weight excluding hydrogens is 226 g/mol. The van der Waals surface area contributed by atoms with E-state index in [1.54, 1.807) is 10.8 Å². The Morgan fingerprint density at radius 2 is 2.19 bits per heavy atom. The molecule has 0 fully saturated rings. The highest BCUT2D eigenvalue weighted by atomic mass is 35.5. The summed E-state index contributed by atoms with van der Waals surface area (Å²) in [5.74, 6) is 0.364. The Hall–Kier alpha value is -1.29. The zero-order valence-corrected chi connectivity index (χ0v) is 10.5. The van der Waals surface area contributed by atoms with Gasteiger partial charge in [-0.2, -0.15) is 5.10 Å². The Morgan fingerprint density at radius 1 is 1.50 bits per heavy atom. The predicted molar refractivity (Wildman–Crippen MR) is 64.9 cm³/mol. The number of hydrogen-bond donors (Lipinski definition) is 1. The summed E-state index contributed by atoms with van der Waals surface area (Å²) in [5, 5.41) is 6.98. The number of amides is 1. The Morgan fingerprint density at radius 3 is 2.69 bits per heavy atom. The molecule has 88 valence electrons. The number of aryl methyl sites for hydroxylation is 2. The second-order valence-corrected chi connectivity index (χ2v) is 3.81. The standard InChI is InChI=1S/C11H16ClN3O/c1-8-10(9(2)15(3)14-8)11(16)13-7-5-4-6-12/h4-5H,6-7H2,1-3H3,(H,13,16)/b5-4+. The third kappa shape index (κ3) is 2.85. The quantitative estimate of drug-likeness (QED) is 0.643. The summed E-state index contributed by atoms with van der Waals surface area (Å²) in [4.78, 5) is 11.8. The van der Waals surface area contributed by atoms with Crippen molar-refractivity contribution in [1.29, 1.82) is 0 Å². The van der Waals surface area contributed by atoms with Crippen molar-refractivity contribution < 1.29 is 4.79 Å². The molecule has 0 aliphatic carbocycles. The van der Waals surface area contributed by atoms with Crippen LogP contribution in [0.5, 0.6) is 0 Å². The van der Waals surface area contributed by atoms with E-state index in [1.165, 1.54) is 0 Å². The number of rotatable bonds is 4. The van der Waals surface area contributed by atoms with Crippen LogP contribution >= 0.6 is 11.6 Å². The minimum atomic E-state index is -0.0951. The van der Waals surface area contributed by atoms with Crippen molar-refractivity contribution in [2.45, 2.75) is 13.8 Å². The molecule has 5 heteroatoms. The summed E-state index contributed by atoms with van der Waals surface area (Å²) in [7, 11) is 1.83. The lowest BCUT2D eigenvalue weighted by Crippen LogP contribution is -2.24. The molecule has 0 bridgehead atoms. The highest BCUT2D eigenvalue weighted by molar-refractivity contribution is 6.18. The van der Waals surface area contributed by atoms with Crippen molar-refractivity contribution >= 4 is 17.5 Å². The molecule has 0 aromatic carbocycles. The average molecular weight is 242 g/mol. The van der Waals surface area contributed by atoms with Crippen LogP contribution in [0.4, 0.5) is 0 Å². The van der Waals surface area contributed by atoms with Crippen LogP contribution in [0, 0.1) is 13.8 Å². The van der Waals surface area contributed by atoms with Crippen LogP contribution in [0.25, 0.3) is 0 Å². The topological polar surface area (TPSA) is 46.9 Å². The molecule has 0 atom stereocenters. The Bertz CT molecular complexity index is 410. The molecule has 0 radical (unpaired) electrons. The van der Waals surface area contributed by atoms with Gasteiger partial charge in [-0.3, -0.25) is 9.48 Å². The van der Waals surface area contributed by atoms with E-state index in [9.17, 15) is 4.79 Å². The Labute approximate surface area is 100 Å². The molecule has 0 spiro atoms. The monoisotopic (exact) mass is 241 g/mol. The molecule has 4 nitrogen and oxygen atoms in total. The van der Waals surface area contributed by atoms with E-state index in [0.717, 1.165) is 11.4 Å². The lowest BCUT2D eigenvalue weighted by atomic mass is 10.2. The van der Waals surface area contributed by atoms with Gasteiger partial charge in [0.2, 0.25) is 0 Å². The first-order chi connectivity index (χ1) is 7.57. The molecule has 0 aliphatic heterocycles. The minimum Gasteiger partial charge on any atom is -0.348 e. The molecule has 16 heavy (non-hydrogen) atoms. The van der Waals surface area contributed by atoms with Crippen LogP contribution < -0.4 is 5.32 Å². The predicted octanol–water partition coefficient (Wildman–Crippen LogP) is 1.56. The molecule has 0 unspecified atom stereocenters.